The Morgan fingerprint density at radius 3 is 2.50 bits per heavy atom. The van der Waals surface area contributed by atoms with Gasteiger partial charge in [0.05, 0.1) is 0 Å². The fraction of sp³-hybridized carbons (Fsp3) is 0.158. The van der Waals surface area contributed by atoms with E-state index in [2.05, 4.69) is 5.32 Å². The standard InChI is InChI=1S/C19H18N2O/c1-13-5-4-6-18(9-13)21-19(22)17(12-20)11-16-8-7-14(2)15(3)10-16/h4-11H,1-3H3,(H,21,22)/b17-11+. The maximum atomic E-state index is 12.2. The summed E-state index contributed by atoms with van der Waals surface area (Å²) in [7, 11) is 0. The number of carbonyl (C=O) groups excluding carboxylic acids is 1. The van der Waals surface area contributed by atoms with Crippen LogP contribution in [0.4, 0.5) is 5.69 Å². The lowest BCUT2D eigenvalue weighted by atomic mass is 10.0. The predicted molar refractivity (Wildman–Crippen MR) is 89.3 cm³/mol. The van der Waals surface area contributed by atoms with E-state index >= 15 is 0 Å². The maximum Gasteiger partial charge on any atom is 0.266 e. The van der Waals surface area contributed by atoms with Crippen LogP contribution in [0.25, 0.3) is 6.08 Å². The molecular weight excluding hydrogens is 272 g/mol. The lowest BCUT2D eigenvalue weighted by Gasteiger charge is -2.06. The summed E-state index contributed by atoms with van der Waals surface area (Å²) >= 11 is 0. The van der Waals surface area contributed by atoms with Crippen LogP contribution in [0, 0.1) is 32.1 Å². The second-order valence-electron chi connectivity index (χ2n) is 5.34. The number of aryl methyl sites for hydroxylation is 3. The fourth-order valence-corrected chi connectivity index (χ4v) is 2.09. The summed E-state index contributed by atoms with van der Waals surface area (Å²) in [5.41, 5.74) is 4.98. The van der Waals surface area contributed by atoms with Crippen molar-refractivity contribution >= 4 is 17.7 Å². The van der Waals surface area contributed by atoms with Crippen LogP contribution in [0.5, 0.6) is 0 Å². The first-order valence-electron chi connectivity index (χ1n) is 7.06. The molecular formula is C19H18N2O. The summed E-state index contributed by atoms with van der Waals surface area (Å²) < 4.78 is 0. The Balaban J connectivity index is 2.23. The van der Waals surface area contributed by atoms with Gasteiger partial charge in [-0.15, -0.1) is 0 Å². The molecule has 0 heterocycles. The third-order valence-corrected chi connectivity index (χ3v) is 3.48. The van der Waals surface area contributed by atoms with Crippen molar-refractivity contribution in [1.29, 1.82) is 5.26 Å². The van der Waals surface area contributed by atoms with Crippen molar-refractivity contribution in [3.8, 4) is 6.07 Å². The van der Waals surface area contributed by atoms with E-state index < -0.39 is 5.91 Å². The molecule has 3 heteroatoms. The molecule has 22 heavy (non-hydrogen) atoms. The molecule has 3 nitrogen and oxygen atoms in total. The van der Waals surface area contributed by atoms with Crippen molar-refractivity contribution in [2.75, 3.05) is 5.32 Å². The monoisotopic (exact) mass is 290 g/mol. The Bertz CT molecular complexity index is 782. The minimum atomic E-state index is -0.397. The largest absolute Gasteiger partial charge is 0.321 e. The molecule has 0 saturated carbocycles. The first-order valence-corrected chi connectivity index (χ1v) is 7.06. The van der Waals surface area contributed by atoms with Crippen molar-refractivity contribution in [2.45, 2.75) is 20.8 Å². The van der Waals surface area contributed by atoms with Gasteiger partial charge in [-0.2, -0.15) is 5.26 Å². The van der Waals surface area contributed by atoms with E-state index in [1.165, 1.54) is 5.56 Å². The highest BCUT2D eigenvalue weighted by molar-refractivity contribution is 6.09. The number of nitrogens with zero attached hydrogens (tertiary/aromatic N) is 1. The fourth-order valence-electron chi connectivity index (χ4n) is 2.09. The lowest BCUT2D eigenvalue weighted by molar-refractivity contribution is -0.112. The normalized spacial score (nSPS) is 10.9. The number of nitrogens with one attached hydrogen (secondary N) is 1. The van der Waals surface area contributed by atoms with E-state index in [0.717, 1.165) is 16.7 Å². The number of anilines is 1. The van der Waals surface area contributed by atoms with Crippen molar-refractivity contribution in [2.24, 2.45) is 0 Å². The van der Waals surface area contributed by atoms with E-state index in [4.69, 9.17) is 0 Å². The van der Waals surface area contributed by atoms with Gasteiger partial charge in [-0.3, -0.25) is 4.79 Å². The minimum Gasteiger partial charge on any atom is -0.321 e. The third kappa shape index (κ3) is 3.83. The minimum absolute atomic E-state index is 0.0877. The van der Waals surface area contributed by atoms with Crippen LogP contribution in [0.15, 0.2) is 48.0 Å². The molecule has 1 amide bonds. The molecule has 0 radical (unpaired) electrons. The van der Waals surface area contributed by atoms with Crippen LogP contribution in [0.2, 0.25) is 0 Å². The number of hydrogen-bond donors (Lipinski definition) is 1. The summed E-state index contributed by atoms with van der Waals surface area (Å²) in [5.74, 6) is -0.397. The Labute approximate surface area is 130 Å². The smallest absolute Gasteiger partial charge is 0.266 e. The van der Waals surface area contributed by atoms with E-state index in [1.807, 2.05) is 63.2 Å². The molecule has 0 spiro atoms. The molecule has 0 aliphatic carbocycles. The summed E-state index contributed by atoms with van der Waals surface area (Å²) in [6.07, 6.45) is 1.61. The average Bonchev–Trinajstić information content (AvgIpc) is 2.48. The summed E-state index contributed by atoms with van der Waals surface area (Å²) in [6.45, 7) is 5.98. The van der Waals surface area contributed by atoms with Gasteiger partial charge in [-0.1, -0.05) is 30.3 Å². The lowest BCUT2D eigenvalue weighted by Crippen LogP contribution is -2.13. The molecule has 0 aliphatic rings. The molecule has 2 aromatic carbocycles. The van der Waals surface area contributed by atoms with Gasteiger partial charge in [-0.05, 0) is 61.2 Å². The highest BCUT2D eigenvalue weighted by atomic mass is 16.1. The zero-order valence-corrected chi connectivity index (χ0v) is 13.0. The summed E-state index contributed by atoms with van der Waals surface area (Å²) in [4.78, 5) is 12.2. The number of hydrogen-bond acceptors (Lipinski definition) is 2. The van der Waals surface area contributed by atoms with Gasteiger partial charge in [0, 0.05) is 5.69 Å². The van der Waals surface area contributed by atoms with Gasteiger partial charge in [0.25, 0.3) is 5.91 Å². The Morgan fingerprint density at radius 2 is 1.86 bits per heavy atom. The topological polar surface area (TPSA) is 52.9 Å². The van der Waals surface area contributed by atoms with Crippen LogP contribution in [0.3, 0.4) is 0 Å². The van der Waals surface area contributed by atoms with Crippen molar-refractivity contribution < 1.29 is 4.79 Å². The highest BCUT2D eigenvalue weighted by Crippen LogP contribution is 2.15. The maximum absolute atomic E-state index is 12.2. The van der Waals surface area contributed by atoms with E-state index in [-0.39, 0.29) is 5.57 Å². The zero-order chi connectivity index (χ0) is 16.1. The molecule has 0 fully saturated rings. The van der Waals surface area contributed by atoms with Crippen LogP contribution >= 0.6 is 0 Å². The van der Waals surface area contributed by atoms with Gasteiger partial charge in [0.2, 0.25) is 0 Å². The quantitative estimate of drug-likeness (QED) is 0.681. The van der Waals surface area contributed by atoms with E-state index in [0.29, 0.717) is 5.69 Å². The molecule has 1 N–H and O–H groups in total. The number of nitriles is 1. The molecule has 110 valence electrons. The first kappa shape index (κ1) is 15.5. The number of rotatable bonds is 3. The number of amides is 1. The molecule has 0 atom stereocenters. The van der Waals surface area contributed by atoms with Crippen molar-refractivity contribution in [1.82, 2.24) is 0 Å². The van der Waals surface area contributed by atoms with Gasteiger partial charge in [-0.25, -0.2) is 0 Å². The molecule has 0 bridgehead atoms. The van der Waals surface area contributed by atoms with Crippen molar-refractivity contribution in [3.05, 3.63) is 70.3 Å². The predicted octanol–water partition coefficient (Wildman–Crippen LogP) is 4.16. The Hall–Kier alpha value is -2.86. The van der Waals surface area contributed by atoms with Gasteiger partial charge < -0.3 is 5.32 Å². The van der Waals surface area contributed by atoms with E-state index in [1.54, 1.807) is 12.1 Å². The van der Waals surface area contributed by atoms with Crippen LogP contribution in [0.1, 0.15) is 22.3 Å². The SMILES string of the molecule is Cc1cccc(NC(=O)/C(C#N)=C/c2ccc(C)c(C)c2)c1. The highest BCUT2D eigenvalue weighted by Gasteiger charge is 2.09. The number of carbonyl (C=O) groups is 1. The molecule has 0 aliphatic heterocycles. The van der Waals surface area contributed by atoms with Gasteiger partial charge in [0.15, 0.2) is 0 Å². The van der Waals surface area contributed by atoms with Crippen LogP contribution in [-0.4, -0.2) is 5.91 Å². The molecule has 0 unspecified atom stereocenters. The van der Waals surface area contributed by atoms with Gasteiger partial charge in [0.1, 0.15) is 11.6 Å². The van der Waals surface area contributed by atoms with E-state index in [9.17, 15) is 10.1 Å². The Morgan fingerprint density at radius 1 is 1.09 bits per heavy atom. The third-order valence-electron chi connectivity index (χ3n) is 3.48. The molecule has 0 aromatic heterocycles. The Kier molecular flexibility index (Phi) is 4.75. The first-order chi connectivity index (χ1) is 10.5. The van der Waals surface area contributed by atoms with Crippen LogP contribution < -0.4 is 5.32 Å². The second kappa shape index (κ2) is 6.73. The number of benzene rings is 2. The summed E-state index contributed by atoms with van der Waals surface area (Å²) in [6, 6.07) is 15.3. The van der Waals surface area contributed by atoms with Crippen LogP contribution in [-0.2, 0) is 4.79 Å². The van der Waals surface area contributed by atoms with Crippen molar-refractivity contribution in [3.63, 3.8) is 0 Å². The molecule has 2 rings (SSSR count). The summed E-state index contributed by atoms with van der Waals surface area (Å²) in [5, 5.41) is 12.0. The molecule has 0 saturated heterocycles. The molecule has 2 aromatic rings. The van der Waals surface area contributed by atoms with Gasteiger partial charge >= 0.3 is 0 Å². The average molecular weight is 290 g/mol. The zero-order valence-electron chi connectivity index (χ0n) is 13.0. The second-order valence-corrected chi connectivity index (χ2v) is 5.34.